The van der Waals surface area contributed by atoms with E-state index in [1.807, 2.05) is 39.0 Å². The molecule has 3 amide bonds. The van der Waals surface area contributed by atoms with Crippen molar-refractivity contribution >= 4 is 17.5 Å². The summed E-state index contributed by atoms with van der Waals surface area (Å²) in [5, 5.41) is 13.9. The third-order valence-electron chi connectivity index (χ3n) is 4.57. The number of aryl methyl sites for hydroxylation is 1. The topological polar surface area (TPSA) is 85.2 Å². The summed E-state index contributed by atoms with van der Waals surface area (Å²) in [4.78, 5) is 26.4. The van der Waals surface area contributed by atoms with Crippen LogP contribution in [-0.2, 0) is 4.79 Å². The Balaban J connectivity index is 2.01. The van der Waals surface area contributed by atoms with Gasteiger partial charge in [-0.15, -0.1) is 0 Å². The molecule has 1 aliphatic heterocycles. The fraction of sp³-hybridized carbons (Fsp3) is 0.476. The molecule has 0 saturated carbocycles. The third-order valence-corrected chi connectivity index (χ3v) is 4.57. The number of hydrogen-bond acceptors (Lipinski definition) is 3. The number of hydrogen-bond donors (Lipinski definition) is 2. The molecule has 7 heteroatoms. The molecule has 2 rings (SSSR count). The summed E-state index contributed by atoms with van der Waals surface area (Å²) in [7, 11) is 0. The fourth-order valence-electron chi connectivity index (χ4n) is 3.23. The normalized spacial score (nSPS) is 14.9. The van der Waals surface area contributed by atoms with E-state index >= 15 is 0 Å². The van der Waals surface area contributed by atoms with E-state index < -0.39 is 6.04 Å². The average molecular weight is 386 g/mol. The molecule has 1 aromatic rings. The number of nitriles is 1. The van der Waals surface area contributed by atoms with Gasteiger partial charge in [0.1, 0.15) is 18.4 Å². The number of halogens is 1. The van der Waals surface area contributed by atoms with Gasteiger partial charge in [0.05, 0.1) is 6.07 Å². The molecule has 1 aliphatic rings. The Hall–Kier alpha value is -2.88. The number of amides is 3. The van der Waals surface area contributed by atoms with Gasteiger partial charge in [0.2, 0.25) is 5.91 Å². The van der Waals surface area contributed by atoms with Crippen molar-refractivity contribution in [2.45, 2.75) is 39.7 Å². The molecular weight excluding hydrogens is 359 g/mol. The summed E-state index contributed by atoms with van der Waals surface area (Å²) in [6.07, 6.45) is 3.02. The van der Waals surface area contributed by atoms with Crippen LogP contribution in [0.2, 0.25) is 0 Å². The maximum Gasteiger partial charge on any atom is 0.318 e. The van der Waals surface area contributed by atoms with E-state index in [0.29, 0.717) is 25.9 Å². The van der Waals surface area contributed by atoms with E-state index in [1.165, 1.54) is 12.1 Å². The van der Waals surface area contributed by atoms with Crippen LogP contribution >= 0.6 is 0 Å². The molecule has 1 aromatic carbocycles. The molecule has 0 aromatic heterocycles. The molecule has 150 valence electrons. The Bertz CT molecular complexity index is 778. The largest absolute Gasteiger partial charge is 0.341 e. The highest BCUT2D eigenvalue weighted by Gasteiger charge is 2.25. The molecule has 6 nitrogen and oxygen atoms in total. The van der Waals surface area contributed by atoms with Crippen LogP contribution in [0.4, 0.5) is 9.18 Å². The lowest BCUT2D eigenvalue weighted by Crippen LogP contribution is -2.52. The predicted molar refractivity (Wildman–Crippen MR) is 106 cm³/mol. The number of nitrogens with zero attached hydrogens (tertiary/aromatic N) is 2. The molecule has 0 bridgehead atoms. The van der Waals surface area contributed by atoms with Crippen LogP contribution in [0.3, 0.4) is 0 Å². The number of carbonyl (C=O) groups is 2. The first-order valence-corrected chi connectivity index (χ1v) is 9.47. The van der Waals surface area contributed by atoms with Crippen molar-refractivity contribution in [3.05, 3.63) is 41.2 Å². The smallest absolute Gasteiger partial charge is 0.318 e. The maximum absolute atomic E-state index is 13.6. The predicted octanol–water partition coefficient (Wildman–Crippen LogP) is 2.99. The van der Waals surface area contributed by atoms with Crippen molar-refractivity contribution in [1.29, 1.82) is 5.26 Å². The highest BCUT2D eigenvalue weighted by Crippen LogP contribution is 2.24. The minimum atomic E-state index is -0.683. The SMILES string of the molecule is Cc1cc(F)cc(C2=CCN(C(=O)NC(CC(C)C)C(=O)NCC#N)CC2)c1. The highest BCUT2D eigenvalue weighted by molar-refractivity contribution is 5.87. The summed E-state index contributed by atoms with van der Waals surface area (Å²) < 4.78 is 13.6. The third kappa shape index (κ3) is 6.08. The number of benzene rings is 1. The molecule has 1 unspecified atom stereocenters. The Morgan fingerprint density at radius 3 is 2.64 bits per heavy atom. The van der Waals surface area contributed by atoms with Crippen LogP contribution < -0.4 is 10.6 Å². The Labute approximate surface area is 165 Å². The average Bonchev–Trinajstić information content (AvgIpc) is 2.64. The first-order valence-electron chi connectivity index (χ1n) is 9.47. The number of urea groups is 1. The Kier molecular flexibility index (Phi) is 7.56. The zero-order chi connectivity index (χ0) is 20.7. The summed E-state index contributed by atoms with van der Waals surface area (Å²) in [5.41, 5.74) is 2.71. The van der Waals surface area contributed by atoms with Crippen LogP contribution in [0.25, 0.3) is 5.57 Å². The first-order chi connectivity index (χ1) is 13.3. The second-order valence-corrected chi connectivity index (χ2v) is 7.45. The lowest BCUT2D eigenvalue weighted by molar-refractivity contribution is -0.123. The van der Waals surface area contributed by atoms with Gasteiger partial charge < -0.3 is 15.5 Å². The summed E-state index contributed by atoms with van der Waals surface area (Å²) in [6, 6.07) is 5.79. The minimum absolute atomic E-state index is 0.0911. The van der Waals surface area contributed by atoms with Gasteiger partial charge in [0.25, 0.3) is 0 Å². The zero-order valence-electron chi connectivity index (χ0n) is 16.6. The monoisotopic (exact) mass is 386 g/mol. The second kappa shape index (κ2) is 9.88. The van der Waals surface area contributed by atoms with Crippen molar-refractivity contribution in [1.82, 2.24) is 15.5 Å². The molecule has 0 saturated heterocycles. The van der Waals surface area contributed by atoms with E-state index in [-0.39, 0.29) is 30.2 Å². The lowest BCUT2D eigenvalue weighted by Gasteiger charge is -2.29. The number of rotatable bonds is 6. The van der Waals surface area contributed by atoms with E-state index in [0.717, 1.165) is 16.7 Å². The van der Waals surface area contributed by atoms with Crippen LogP contribution in [-0.4, -0.2) is 42.5 Å². The van der Waals surface area contributed by atoms with Gasteiger partial charge in [0.15, 0.2) is 0 Å². The van der Waals surface area contributed by atoms with Gasteiger partial charge in [-0.1, -0.05) is 26.0 Å². The zero-order valence-corrected chi connectivity index (χ0v) is 16.6. The minimum Gasteiger partial charge on any atom is -0.341 e. The molecule has 28 heavy (non-hydrogen) atoms. The standard InChI is InChI=1S/C21H27FN4O2/c1-14(2)10-19(20(27)24-7-6-23)25-21(28)26-8-4-16(5-9-26)17-11-15(3)12-18(22)13-17/h4,11-14,19H,5,7-10H2,1-3H3,(H,24,27)(H,25,28). The van der Waals surface area contributed by atoms with E-state index in [1.54, 1.807) is 4.90 Å². The van der Waals surface area contributed by atoms with Crippen molar-refractivity contribution < 1.29 is 14.0 Å². The van der Waals surface area contributed by atoms with Gasteiger partial charge >= 0.3 is 6.03 Å². The van der Waals surface area contributed by atoms with Crippen molar-refractivity contribution in [3.63, 3.8) is 0 Å². The van der Waals surface area contributed by atoms with E-state index in [9.17, 15) is 14.0 Å². The first kappa shape index (κ1) is 21.4. The summed E-state index contributed by atoms with van der Waals surface area (Å²) in [6.45, 7) is 6.57. The number of nitrogens with one attached hydrogen (secondary N) is 2. The molecule has 1 heterocycles. The molecule has 0 radical (unpaired) electrons. The van der Waals surface area contributed by atoms with Crippen molar-refractivity contribution in [2.24, 2.45) is 5.92 Å². The van der Waals surface area contributed by atoms with Gasteiger partial charge in [-0.05, 0) is 54.5 Å². The maximum atomic E-state index is 13.6. The van der Waals surface area contributed by atoms with Crippen molar-refractivity contribution in [2.75, 3.05) is 19.6 Å². The fourth-order valence-corrected chi connectivity index (χ4v) is 3.23. The second-order valence-electron chi connectivity index (χ2n) is 7.45. The molecule has 0 spiro atoms. The molecule has 0 fully saturated rings. The summed E-state index contributed by atoms with van der Waals surface area (Å²) >= 11 is 0. The van der Waals surface area contributed by atoms with Gasteiger partial charge in [-0.3, -0.25) is 4.79 Å². The van der Waals surface area contributed by atoms with Gasteiger partial charge in [-0.2, -0.15) is 5.26 Å². The quantitative estimate of drug-likeness (QED) is 0.737. The molecule has 1 atom stereocenters. The van der Waals surface area contributed by atoms with Crippen LogP contribution in [0.5, 0.6) is 0 Å². The molecule has 0 aliphatic carbocycles. The van der Waals surface area contributed by atoms with Crippen LogP contribution in [0.1, 0.15) is 37.8 Å². The lowest BCUT2D eigenvalue weighted by atomic mass is 9.98. The number of carbonyl (C=O) groups excluding carboxylic acids is 2. The van der Waals surface area contributed by atoms with Gasteiger partial charge in [0, 0.05) is 13.1 Å². The van der Waals surface area contributed by atoms with E-state index in [4.69, 9.17) is 5.26 Å². The highest BCUT2D eigenvalue weighted by atomic mass is 19.1. The van der Waals surface area contributed by atoms with Crippen molar-refractivity contribution in [3.8, 4) is 6.07 Å². The van der Waals surface area contributed by atoms with Gasteiger partial charge in [-0.25, -0.2) is 9.18 Å². The van der Waals surface area contributed by atoms with E-state index in [2.05, 4.69) is 10.6 Å². The molecular formula is C21H27FN4O2. The Morgan fingerprint density at radius 2 is 2.07 bits per heavy atom. The molecule has 2 N–H and O–H groups in total. The Morgan fingerprint density at radius 1 is 1.32 bits per heavy atom. The summed E-state index contributed by atoms with van der Waals surface area (Å²) in [5.74, 6) is -0.412. The van der Waals surface area contributed by atoms with Crippen LogP contribution in [0, 0.1) is 30.0 Å². The van der Waals surface area contributed by atoms with Crippen LogP contribution in [0.15, 0.2) is 24.3 Å².